The summed E-state index contributed by atoms with van der Waals surface area (Å²) in [6.07, 6.45) is 7.68. The minimum absolute atomic E-state index is 0.131. The zero-order chi connectivity index (χ0) is 15.2. The summed E-state index contributed by atoms with van der Waals surface area (Å²) in [5.74, 6) is 1.47. The summed E-state index contributed by atoms with van der Waals surface area (Å²) in [6, 6.07) is 0. The van der Waals surface area contributed by atoms with E-state index >= 15 is 0 Å². The van der Waals surface area contributed by atoms with Crippen LogP contribution in [0.1, 0.15) is 39.5 Å². The number of nitrogens with zero attached hydrogens (tertiary/aromatic N) is 2. The van der Waals surface area contributed by atoms with Gasteiger partial charge in [-0.25, -0.2) is 0 Å². The van der Waals surface area contributed by atoms with Gasteiger partial charge in [-0.15, -0.1) is 0 Å². The second-order valence-electron chi connectivity index (χ2n) is 6.86. The standard InChI is InChI=1S/C17H30N2O2/c1-14(2)15-5-3-10-19(13-15)17(21)6-4-9-18-11-7-16(20)8-12-18/h4,6,14-16,20H,3,5,7-13H2,1-2H3/b6-4+. The van der Waals surface area contributed by atoms with Crippen LogP contribution in [-0.4, -0.2) is 59.6 Å². The van der Waals surface area contributed by atoms with Crippen molar-refractivity contribution in [2.75, 3.05) is 32.7 Å². The fourth-order valence-electron chi connectivity index (χ4n) is 3.26. The normalized spacial score (nSPS) is 25.9. The lowest BCUT2D eigenvalue weighted by molar-refractivity contribution is -0.128. The fourth-order valence-corrected chi connectivity index (χ4v) is 3.26. The van der Waals surface area contributed by atoms with Gasteiger partial charge >= 0.3 is 0 Å². The van der Waals surface area contributed by atoms with E-state index in [4.69, 9.17) is 0 Å². The van der Waals surface area contributed by atoms with Crippen molar-refractivity contribution in [1.29, 1.82) is 0 Å². The highest BCUT2D eigenvalue weighted by Gasteiger charge is 2.24. The van der Waals surface area contributed by atoms with Crippen LogP contribution in [0.15, 0.2) is 12.2 Å². The van der Waals surface area contributed by atoms with Crippen LogP contribution in [0.2, 0.25) is 0 Å². The summed E-state index contributed by atoms with van der Waals surface area (Å²) >= 11 is 0. The van der Waals surface area contributed by atoms with E-state index in [1.807, 2.05) is 11.0 Å². The van der Waals surface area contributed by atoms with Crippen molar-refractivity contribution in [3.8, 4) is 0 Å². The van der Waals surface area contributed by atoms with Crippen molar-refractivity contribution < 1.29 is 9.90 Å². The number of likely N-dealkylation sites (tertiary alicyclic amines) is 2. The lowest BCUT2D eigenvalue weighted by Crippen LogP contribution is -2.40. The van der Waals surface area contributed by atoms with Gasteiger partial charge in [-0.3, -0.25) is 9.69 Å². The Morgan fingerprint density at radius 3 is 2.62 bits per heavy atom. The first-order chi connectivity index (χ1) is 10.1. The number of aliphatic hydroxyl groups is 1. The molecule has 2 fully saturated rings. The summed E-state index contributed by atoms with van der Waals surface area (Å²) in [5.41, 5.74) is 0. The predicted molar refractivity (Wildman–Crippen MR) is 85.0 cm³/mol. The van der Waals surface area contributed by atoms with Gasteiger partial charge < -0.3 is 10.0 Å². The molecular weight excluding hydrogens is 264 g/mol. The molecule has 21 heavy (non-hydrogen) atoms. The van der Waals surface area contributed by atoms with Crippen LogP contribution in [0.25, 0.3) is 0 Å². The highest BCUT2D eigenvalue weighted by molar-refractivity contribution is 5.87. The topological polar surface area (TPSA) is 43.8 Å². The smallest absolute Gasteiger partial charge is 0.246 e. The molecule has 2 saturated heterocycles. The maximum atomic E-state index is 12.2. The first-order valence-electron chi connectivity index (χ1n) is 8.42. The summed E-state index contributed by atoms with van der Waals surface area (Å²) in [6.45, 7) is 9.00. The van der Waals surface area contributed by atoms with Gasteiger partial charge in [-0.2, -0.15) is 0 Å². The molecule has 0 aromatic carbocycles. The second-order valence-corrected chi connectivity index (χ2v) is 6.86. The van der Waals surface area contributed by atoms with Gasteiger partial charge in [0.05, 0.1) is 6.10 Å². The third-order valence-electron chi connectivity index (χ3n) is 4.89. The van der Waals surface area contributed by atoms with Crippen LogP contribution in [0.5, 0.6) is 0 Å². The minimum atomic E-state index is -0.131. The van der Waals surface area contributed by atoms with E-state index in [2.05, 4.69) is 18.7 Å². The molecule has 4 heteroatoms. The molecule has 1 unspecified atom stereocenters. The molecule has 0 aliphatic carbocycles. The van der Waals surface area contributed by atoms with Crippen LogP contribution in [0.3, 0.4) is 0 Å². The van der Waals surface area contributed by atoms with E-state index in [1.165, 1.54) is 6.42 Å². The Morgan fingerprint density at radius 2 is 1.95 bits per heavy atom. The SMILES string of the molecule is CC(C)C1CCCN(C(=O)/C=C/CN2CCC(O)CC2)C1. The Balaban J connectivity index is 1.74. The van der Waals surface area contributed by atoms with Crippen molar-refractivity contribution in [1.82, 2.24) is 9.80 Å². The quantitative estimate of drug-likeness (QED) is 0.805. The van der Waals surface area contributed by atoms with Crippen molar-refractivity contribution in [3.05, 3.63) is 12.2 Å². The number of aliphatic hydroxyl groups excluding tert-OH is 1. The third kappa shape index (κ3) is 5.11. The molecule has 0 aromatic heterocycles. The highest BCUT2D eigenvalue weighted by Crippen LogP contribution is 2.23. The molecule has 2 rings (SSSR count). The maximum Gasteiger partial charge on any atom is 0.246 e. The molecule has 0 aromatic rings. The monoisotopic (exact) mass is 294 g/mol. The van der Waals surface area contributed by atoms with Gasteiger partial charge in [0, 0.05) is 38.8 Å². The zero-order valence-corrected chi connectivity index (χ0v) is 13.5. The number of carbonyl (C=O) groups excluding carboxylic acids is 1. The average Bonchev–Trinajstić information content (AvgIpc) is 2.49. The Kier molecular flexibility index (Phi) is 6.24. The first kappa shape index (κ1) is 16.5. The van der Waals surface area contributed by atoms with Gasteiger partial charge in [0.15, 0.2) is 0 Å². The summed E-state index contributed by atoms with van der Waals surface area (Å²) < 4.78 is 0. The molecule has 1 atom stereocenters. The number of amides is 1. The van der Waals surface area contributed by atoms with E-state index in [-0.39, 0.29) is 12.0 Å². The van der Waals surface area contributed by atoms with Crippen LogP contribution in [-0.2, 0) is 4.79 Å². The van der Waals surface area contributed by atoms with Crippen LogP contribution < -0.4 is 0 Å². The summed E-state index contributed by atoms with van der Waals surface area (Å²) in [4.78, 5) is 16.5. The van der Waals surface area contributed by atoms with Crippen molar-refractivity contribution >= 4 is 5.91 Å². The first-order valence-corrected chi connectivity index (χ1v) is 8.42. The number of hydrogen-bond donors (Lipinski definition) is 1. The molecule has 1 N–H and O–H groups in total. The number of carbonyl (C=O) groups is 1. The van der Waals surface area contributed by atoms with E-state index in [0.717, 1.165) is 52.0 Å². The molecule has 0 radical (unpaired) electrons. The zero-order valence-electron chi connectivity index (χ0n) is 13.5. The molecule has 4 nitrogen and oxygen atoms in total. The lowest BCUT2D eigenvalue weighted by atomic mass is 9.88. The molecule has 0 bridgehead atoms. The molecule has 120 valence electrons. The van der Waals surface area contributed by atoms with Crippen LogP contribution in [0.4, 0.5) is 0 Å². The Labute approximate surface area is 128 Å². The molecule has 1 amide bonds. The molecule has 2 aliphatic rings. The van der Waals surface area contributed by atoms with Crippen LogP contribution >= 0.6 is 0 Å². The largest absolute Gasteiger partial charge is 0.393 e. The lowest BCUT2D eigenvalue weighted by Gasteiger charge is -2.34. The van der Waals surface area contributed by atoms with Crippen LogP contribution in [0, 0.1) is 11.8 Å². The second kappa shape index (κ2) is 7.95. The molecule has 0 saturated carbocycles. The van der Waals surface area contributed by atoms with Gasteiger partial charge in [0.2, 0.25) is 5.91 Å². The molecule has 2 heterocycles. The van der Waals surface area contributed by atoms with Gasteiger partial charge in [-0.05, 0) is 37.5 Å². The maximum absolute atomic E-state index is 12.2. The van der Waals surface area contributed by atoms with Crippen molar-refractivity contribution in [2.45, 2.75) is 45.6 Å². The Hall–Kier alpha value is -0.870. The van der Waals surface area contributed by atoms with E-state index in [9.17, 15) is 9.90 Å². The van der Waals surface area contributed by atoms with Crippen molar-refractivity contribution in [2.24, 2.45) is 11.8 Å². The average molecular weight is 294 g/mol. The summed E-state index contributed by atoms with van der Waals surface area (Å²) in [7, 11) is 0. The minimum Gasteiger partial charge on any atom is -0.393 e. The number of hydrogen-bond acceptors (Lipinski definition) is 3. The molecule has 0 spiro atoms. The van der Waals surface area contributed by atoms with E-state index in [0.29, 0.717) is 11.8 Å². The highest BCUT2D eigenvalue weighted by atomic mass is 16.3. The fraction of sp³-hybridized carbons (Fsp3) is 0.824. The molecular formula is C17H30N2O2. The van der Waals surface area contributed by atoms with E-state index < -0.39 is 0 Å². The van der Waals surface area contributed by atoms with E-state index in [1.54, 1.807) is 6.08 Å². The van der Waals surface area contributed by atoms with Gasteiger partial charge in [0.25, 0.3) is 0 Å². The number of piperidine rings is 2. The third-order valence-corrected chi connectivity index (χ3v) is 4.89. The Bertz CT molecular complexity index is 360. The van der Waals surface area contributed by atoms with Crippen molar-refractivity contribution in [3.63, 3.8) is 0 Å². The Morgan fingerprint density at radius 1 is 1.24 bits per heavy atom. The van der Waals surface area contributed by atoms with Gasteiger partial charge in [0.1, 0.15) is 0 Å². The molecule has 2 aliphatic heterocycles. The van der Waals surface area contributed by atoms with Gasteiger partial charge in [-0.1, -0.05) is 19.9 Å². The summed E-state index contributed by atoms with van der Waals surface area (Å²) in [5, 5.41) is 9.47. The number of rotatable bonds is 4. The predicted octanol–water partition coefficient (Wildman–Crippen LogP) is 1.89.